The summed E-state index contributed by atoms with van der Waals surface area (Å²) in [4.78, 5) is 33.3. The largest absolute Gasteiger partial charge is 0.448 e. The second-order valence-corrected chi connectivity index (χ2v) is 7.44. The van der Waals surface area contributed by atoms with Gasteiger partial charge in [0, 0.05) is 31.7 Å². The Morgan fingerprint density at radius 1 is 1.30 bits per heavy atom. The smallest absolute Gasteiger partial charge is 0.276 e. The molecule has 0 unspecified atom stereocenters. The minimum Gasteiger partial charge on any atom is -0.448 e. The van der Waals surface area contributed by atoms with Crippen molar-refractivity contribution in [2.24, 2.45) is 5.41 Å². The van der Waals surface area contributed by atoms with Crippen LogP contribution in [0, 0.1) is 18.2 Å². The predicted octanol–water partition coefficient (Wildman–Crippen LogP) is 2.78. The van der Waals surface area contributed by atoms with Gasteiger partial charge in [-0.3, -0.25) is 9.59 Å². The number of carbonyl (C=O) groups excluding carboxylic acids is 2. The van der Waals surface area contributed by atoms with E-state index in [0.717, 1.165) is 12.8 Å². The molecule has 0 saturated carbocycles. The highest BCUT2D eigenvalue weighted by Gasteiger charge is 2.49. The van der Waals surface area contributed by atoms with E-state index in [2.05, 4.69) is 4.98 Å². The third-order valence-corrected chi connectivity index (χ3v) is 5.73. The highest BCUT2D eigenvalue weighted by atomic mass is 19.1. The second kappa shape index (κ2) is 6.79. The highest BCUT2D eigenvalue weighted by molar-refractivity contribution is 5.94. The van der Waals surface area contributed by atoms with E-state index in [9.17, 15) is 14.0 Å². The number of hydrogen-bond donors (Lipinski definition) is 0. The molecule has 1 aromatic carbocycles. The molecule has 2 saturated heterocycles. The first-order valence-corrected chi connectivity index (χ1v) is 9.22. The predicted molar refractivity (Wildman–Crippen MR) is 95.2 cm³/mol. The standard InChI is InChI=1S/C20H22FN3O3/c1-14-17(22-13-27-14)18(25)24-10-8-20(12-24)7-4-9-23(19(20)26)11-15-5-2-3-6-16(15)21/h2-3,5-6,13H,4,7-12H2,1H3/t20-/m1/s1. The lowest BCUT2D eigenvalue weighted by molar-refractivity contribution is -0.146. The fraction of sp³-hybridized carbons (Fsp3) is 0.450. The molecule has 2 amide bonds. The molecule has 2 fully saturated rings. The third kappa shape index (κ3) is 3.11. The molecule has 27 heavy (non-hydrogen) atoms. The molecule has 3 heterocycles. The van der Waals surface area contributed by atoms with Gasteiger partial charge < -0.3 is 14.2 Å². The molecule has 2 aliphatic rings. The number of benzene rings is 1. The first-order chi connectivity index (χ1) is 13.0. The van der Waals surface area contributed by atoms with Crippen molar-refractivity contribution in [1.29, 1.82) is 0 Å². The maximum Gasteiger partial charge on any atom is 0.276 e. The summed E-state index contributed by atoms with van der Waals surface area (Å²) in [7, 11) is 0. The topological polar surface area (TPSA) is 66.7 Å². The van der Waals surface area contributed by atoms with Crippen molar-refractivity contribution in [1.82, 2.24) is 14.8 Å². The van der Waals surface area contributed by atoms with E-state index in [1.165, 1.54) is 12.5 Å². The maximum atomic E-state index is 14.0. The van der Waals surface area contributed by atoms with Crippen LogP contribution in [0.3, 0.4) is 0 Å². The highest BCUT2D eigenvalue weighted by Crippen LogP contribution is 2.41. The van der Waals surface area contributed by atoms with Gasteiger partial charge in [0.15, 0.2) is 12.1 Å². The summed E-state index contributed by atoms with van der Waals surface area (Å²) in [6, 6.07) is 6.54. The zero-order valence-electron chi connectivity index (χ0n) is 15.3. The lowest BCUT2D eigenvalue weighted by atomic mass is 9.78. The van der Waals surface area contributed by atoms with Gasteiger partial charge in [0.2, 0.25) is 5.91 Å². The van der Waals surface area contributed by atoms with Gasteiger partial charge in [0.1, 0.15) is 11.6 Å². The van der Waals surface area contributed by atoms with Crippen LogP contribution in [-0.2, 0) is 11.3 Å². The molecular formula is C20H22FN3O3. The van der Waals surface area contributed by atoms with E-state index in [1.807, 2.05) is 0 Å². The maximum absolute atomic E-state index is 14.0. The number of hydrogen-bond acceptors (Lipinski definition) is 4. The summed E-state index contributed by atoms with van der Waals surface area (Å²) in [6.07, 6.45) is 3.49. The Balaban J connectivity index is 1.50. The third-order valence-electron chi connectivity index (χ3n) is 5.73. The van der Waals surface area contributed by atoms with Crippen molar-refractivity contribution in [2.75, 3.05) is 19.6 Å². The number of aryl methyl sites for hydroxylation is 1. The molecule has 142 valence electrons. The van der Waals surface area contributed by atoms with Gasteiger partial charge in [-0.2, -0.15) is 0 Å². The Morgan fingerprint density at radius 2 is 2.11 bits per heavy atom. The fourth-order valence-electron chi connectivity index (χ4n) is 4.22. The Kier molecular flexibility index (Phi) is 4.45. The first-order valence-electron chi connectivity index (χ1n) is 9.22. The molecule has 7 heteroatoms. The summed E-state index contributed by atoms with van der Waals surface area (Å²) < 4.78 is 19.1. The molecule has 0 aliphatic carbocycles. The molecule has 2 aromatic rings. The molecule has 0 bridgehead atoms. The van der Waals surface area contributed by atoms with Crippen LogP contribution in [-0.4, -0.2) is 46.2 Å². The van der Waals surface area contributed by atoms with Gasteiger partial charge in [-0.05, 0) is 32.3 Å². The average Bonchev–Trinajstić information content (AvgIpc) is 3.28. The number of halogens is 1. The van der Waals surface area contributed by atoms with Crippen molar-refractivity contribution in [3.63, 3.8) is 0 Å². The number of aromatic nitrogens is 1. The van der Waals surface area contributed by atoms with Crippen LogP contribution in [0.15, 0.2) is 35.1 Å². The normalized spacial score (nSPS) is 22.7. The fourth-order valence-corrected chi connectivity index (χ4v) is 4.22. The number of rotatable bonds is 3. The summed E-state index contributed by atoms with van der Waals surface area (Å²) in [5.74, 6) is 0.00749. The molecule has 2 aliphatic heterocycles. The molecule has 1 spiro atoms. The van der Waals surface area contributed by atoms with Gasteiger partial charge in [0.05, 0.1) is 5.41 Å². The zero-order chi connectivity index (χ0) is 19.0. The van der Waals surface area contributed by atoms with E-state index in [1.54, 1.807) is 34.9 Å². The molecule has 0 radical (unpaired) electrons. The van der Waals surface area contributed by atoms with Gasteiger partial charge in [-0.25, -0.2) is 9.37 Å². The summed E-state index contributed by atoms with van der Waals surface area (Å²) in [5, 5.41) is 0. The minimum absolute atomic E-state index is 0.0178. The number of carbonyl (C=O) groups is 2. The Morgan fingerprint density at radius 3 is 2.85 bits per heavy atom. The molecule has 0 N–H and O–H groups in total. The number of likely N-dealkylation sites (tertiary alicyclic amines) is 2. The Hall–Kier alpha value is -2.70. The van der Waals surface area contributed by atoms with Crippen molar-refractivity contribution in [2.45, 2.75) is 32.7 Å². The molecule has 4 rings (SSSR count). The molecule has 1 atom stereocenters. The quantitative estimate of drug-likeness (QED) is 0.832. The number of nitrogens with zero attached hydrogens (tertiary/aromatic N) is 3. The SMILES string of the molecule is Cc1ocnc1C(=O)N1CC[C@]2(CCCN(Cc3ccccc3F)C2=O)C1. The molecular weight excluding hydrogens is 349 g/mol. The molecule has 1 aromatic heterocycles. The summed E-state index contributed by atoms with van der Waals surface area (Å²) >= 11 is 0. The van der Waals surface area contributed by atoms with Crippen LogP contribution < -0.4 is 0 Å². The number of piperidine rings is 1. The van der Waals surface area contributed by atoms with Gasteiger partial charge in [0.25, 0.3) is 5.91 Å². The average molecular weight is 371 g/mol. The van der Waals surface area contributed by atoms with E-state index in [-0.39, 0.29) is 24.2 Å². The van der Waals surface area contributed by atoms with Crippen molar-refractivity contribution in [3.05, 3.63) is 53.5 Å². The molecule has 6 nitrogen and oxygen atoms in total. The monoisotopic (exact) mass is 371 g/mol. The van der Waals surface area contributed by atoms with E-state index >= 15 is 0 Å². The zero-order valence-corrected chi connectivity index (χ0v) is 15.3. The van der Waals surface area contributed by atoms with Gasteiger partial charge >= 0.3 is 0 Å². The Bertz CT molecular complexity index is 881. The van der Waals surface area contributed by atoms with Crippen LogP contribution in [0.2, 0.25) is 0 Å². The van der Waals surface area contributed by atoms with E-state index < -0.39 is 5.41 Å². The Labute approximate surface area is 157 Å². The van der Waals surface area contributed by atoms with E-state index in [4.69, 9.17) is 4.42 Å². The van der Waals surface area contributed by atoms with Crippen molar-refractivity contribution in [3.8, 4) is 0 Å². The van der Waals surface area contributed by atoms with Crippen LogP contribution in [0.25, 0.3) is 0 Å². The lowest BCUT2D eigenvalue weighted by Crippen LogP contribution is -2.50. The summed E-state index contributed by atoms with van der Waals surface area (Å²) in [6.45, 7) is 3.48. The second-order valence-electron chi connectivity index (χ2n) is 7.44. The number of amides is 2. The van der Waals surface area contributed by atoms with Crippen molar-refractivity contribution < 1.29 is 18.4 Å². The van der Waals surface area contributed by atoms with Crippen molar-refractivity contribution >= 4 is 11.8 Å². The van der Waals surface area contributed by atoms with Gasteiger partial charge in [-0.1, -0.05) is 18.2 Å². The summed E-state index contributed by atoms with van der Waals surface area (Å²) in [5.41, 5.74) is 0.252. The van der Waals surface area contributed by atoms with Crippen LogP contribution in [0.1, 0.15) is 41.1 Å². The first kappa shape index (κ1) is 17.7. The van der Waals surface area contributed by atoms with Gasteiger partial charge in [-0.15, -0.1) is 0 Å². The lowest BCUT2D eigenvalue weighted by Gasteiger charge is -2.39. The van der Waals surface area contributed by atoms with Crippen LogP contribution in [0.4, 0.5) is 4.39 Å². The minimum atomic E-state index is -0.573. The van der Waals surface area contributed by atoms with Crippen LogP contribution >= 0.6 is 0 Å². The van der Waals surface area contributed by atoms with Crippen LogP contribution in [0.5, 0.6) is 0 Å². The number of oxazole rings is 1. The van der Waals surface area contributed by atoms with E-state index in [0.29, 0.717) is 43.1 Å².